The molecule has 0 aliphatic heterocycles. The number of rotatable bonds is 1. The van der Waals surface area contributed by atoms with Crippen LogP contribution in [-0.4, -0.2) is 11.2 Å². The molecule has 0 fully saturated rings. The van der Waals surface area contributed by atoms with Gasteiger partial charge in [-0.1, -0.05) is 0 Å². The normalized spacial score (nSPS) is 11.9. The Morgan fingerprint density at radius 3 is 2.50 bits per heavy atom. The van der Waals surface area contributed by atoms with E-state index in [9.17, 15) is 13.2 Å². The summed E-state index contributed by atoms with van der Waals surface area (Å²) in [6, 6.07) is 1.41. The Bertz CT molecular complexity index is 187. The molecule has 1 aromatic heterocycles. The number of nitrogens with one attached hydrogen (secondary N) is 1. The summed E-state index contributed by atoms with van der Waals surface area (Å²) in [5.41, 5.74) is 0.271. The average molecular weight is 149 g/mol. The summed E-state index contributed by atoms with van der Waals surface area (Å²) >= 11 is 0. The van der Waals surface area contributed by atoms with Crippen molar-refractivity contribution in [1.82, 2.24) is 4.98 Å². The molecule has 1 heterocycles. The summed E-state index contributed by atoms with van der Waals surface area (Å²) in [4.78, 5) is 2.55. The molecule has 0 saturated carbocycles. The van der Waals surface area contributed by atoms with Gasteiger partial charge in [0.1, 0.15) is 0 Å². The first-order chi connectivity index (χ1) is 4.58. The number of aromatic nitrogens is 1. The largest absolute Gasteiger partial charge is 0.393 e. The van der Waals surface area contributed by atoms with Crippen molar-refractivity contribution in [2.24, 2.45) is 0 Å². The molecular formula is C6H6F3N. The van der Waals surface area contributed by atoms with E-state index in [1.54, 1.807) is 0 Å². The Balaban J connectivity index is 2.57. The summed E-state index contributed by atoms with van der Waals surface area (Å²) in [5, 5.41) is 0. The van der Waals surface area contributed by atoms with E-state index in [0.717, 1.165) is 0 Å². The molecule has 4 heteroatoms. The Kier molecular flexibility index (Phi) is 1.70. The van der Waals surface area contributed by atoms with Gasteiger partial charge in [-0.05, 0) is 11.6 Å². The molecule has 1 nitrogen and oxygen atoms in total. The van der Waals surface area contributed by atoms with Gasteiger partial charge in [-0.15, -0.1) is 0 Å². The van der Waals surface area contributed by atoms with Crippen molar-refractivity contribution in [1.29, 1.82) is 0 Å². The molecular weight excluding hydrogens is 143 g/mol. The zero-order chi connectivity index (χ0) is 7.61. The number of hydrogen-bond donors (Lipinski definition) is 1. The standard InChI is InChI=1S/C6H6F3N/c7-6(8,9)3-5-1-2-10-4-5/h1-2,4,10H,3H2. The smallest absolute Gasteiger partial charge is 0.367 e. The first-order valence-corrected chi connectivity index (χ1v) is 2.76. The van der Waals surface area contributed by atoms with Gasteiger partial charge in [0.2, 0.25) is 0 Å². The fourth-order valence-corrected chi connectivity index (χ4v) is 0.700. The predicted molar refractivity (Wildman–Crippen MR) is 30.6 cm³/mol. The molecule has 0 spiro atoms. The van der Waals surface area contributed by atoms with E-state index in [2.05, 4.69) is 4.98 Å². The van der Waals surface area contributed by atoms with Crippen molar-refractivity contribution < 1.29 is 13.2 Å². The van der Waals surface area contributed by atoms with E-state index in [1.807, 2.05) is 0 Å². The first-order valence-electron chi connectivity index (χ1n) is 2.76. The molecule has 56 valence electrons. The minimum atomic E-state index is -4.10. The van der Waals surface area contributed by atoms with Crippen LogP contribution in [0.1, 0.15) is 5.56 Å². The zero-order valence-corrected chi connectivity index (χ0v) is 5.07. The molecule has 0 aliphatic rings. The third-order valence-corrected chi connectivity index (χ3v) is 1.07. The van der Waals surface area contributed by atoms with Crippen LogP contribution in [0.2, 0.25) is 0 Å². The van der Waals surface area contributed by atoms with Crippen LogP contribution >= 0.6 is 0 Å². The van der Waals surface area contributed by atoms with Gasteiger partial charge in [-0.3, -0.25) is 0 Å². The van der Waals surface area contributed by atoms with E-state index >= 15 is 0 Å². The topological polar surface area (TPSA) is 15.8 Å². The maximum atomic E-state index is 11.6. The van der Waals surface area contributed by atoms with Crippen molar-refractivity contribution in [3.8, 4) is 0 Å². The van der Waals surface area contributed by atoms with E-state index < -0.39 is 12.6 Å². The molecule has 0 aromatic carbocycles. The summed E-state index contributed by atoms with van der Waals surface area (Å²) < 4.78 is 34.8. The second-order valence-corrected chi connectivity index (χ2v) is 2.01. The molecule has 1 aromatic rings. The highest BCUT2D eigenvalue weighted by Gasteiger charge is 2.27. The second-order valence-electron chi connectivity index (χ2n) is 2.01. The van der Waals surface area contributed by atoms with Gasteiger partial charge in [0.05, 0.1) is 6.42 Å². The van der Waals surface area contributed by atoms with Crippen LogP contribution in [0.5, 0.6) is 0 Å². The van der Waals surface area contributed by atoms with Crippen LogP contribution in [0, 0.1) is 0 Å². The molecule has 1 N–H and O–H groups in total. The molecule has 0 aliphatic carbocycles. The molecule has 0 saturated heterocycles. The maximum absolute atomic E-state index is 11.6. The molecule has 0 amide bonds. The lowest BCUT2D eigenvalue weighted by molar-refractivity contribution is -0.127. The van der Waals surface area contributed by atoms with E-state index in [0.29, 0.717) is 0 Å². The van der Waals surface area contributed by atoms with Crippen LogP contribution in [0.4, 0.5) is 13.2 Å². The van der Waals surface area contributed by atoms with Gasteiger partial charge < -0.3 is 4.98 Å². The minimum absolute atomic E-state index is 0.271. The first kappa shape index (κ1) is 7.18. The molecule has 0 atom stereocenters. The van der Waals surface area contributed by atoms with Crippen molar-refractivity contribution in [3.05, 3.63) is 24.0 Å². The van der Waals surface area contributed by atoms with Crippen molar-refractivity contribution in [3.63, 3.8) is 0 Å². The summed E-state index contributed by atoms with van der Waals surface area (Å²) in [6.45, 7) is 0. The van der Waals surface area contributed by atoms with Gasteiger partial charge in [0, 0.05) is 12.4 Å². The van der Waals surface area contributed by atoms with Crippen LogP contribution in [0.3, 0.4) is 0 Å². The molecule has 10 heavy (non-hydrogen) atoms. The lowest BCUT2D eigenvalue weighted by Gasteiger charge is -2.02. The van der Waals surface area contributed by atoms with E-state index in [1.165, 1.54) is 18.5 Å². The number of aromatic amines is 1. The third kappa shape index (κ3) is 2.13. The van der Waals surface area contributed by atoms with Gasteiger partial charge in [0.25, 0.3) is 0 Å². The fraction of sp³-hybridized carbons (Fsp3) is 0.333. The van der Waals surface area contributed by atoms with Gasteiger partial charge >= 0.3 is 6.18 Å². The van der Waals surface area contributed by atoms with E-state index in [-0.39, 0.29) is 5.56 Å². The van der Waals surface area contributed by atoms with Crippen molar-refractivity contribution >= 4 is 0 Å². The van der Waals surface area contributed by atoms with Gasteiger partial charge in [0.15, 0.2) is 0 Å². The Labute approximate surface area is 55.9 Å². The maximum Gasteiger partial charge on any atom is 0.393 e. The number of hydrogen-bond acceptors (Lipinski definition) is 0. The Hall–Kier alpha value is -0.930. The summed E-state index contributed by atoms with van der Waals surface area (Å²) in [7, 11) is 0. The molecule has 0 unspecified atom stereocenters. The average Bonchev–Trinajstić information content (AvgIpc) is 2.12. The van der Waals surface area contributed by atoms with Crippen LogP contribution < -0.4 is 0 Å². The van der Waals surface area contributed by atoms with Gasteiger partial charge in [-0.2, -0.15) is 13.2 Å². The number of alkyl halides is 3. The quantitative estimate of drug-likeness (QED) is 0.629. The highest BCUT2D eigenvalue weighted by molar-refractivity contribution is 5.09. The zero-order valence-electron chi connectivity index (χ0n) is 5.07. The van der Waals surface area contributed by atoms with Crippen LogP contribution in [0.15, 0.2) is 18.5 Å². The monoisotopic (exact) mass is 149 g/mol. The molecule has 0 radical (unpaired) electrons. The molecule has 0 bridgehead atoms. The summed E-state index contributed by atoms with van der Waals surface area (Å²) in [6.07, 6.45) is -2.13. The highest BCUT2D eigenvalue weighted by atomic mass is 19.4. The van der Waals surface area contributed by atoms with E-state index in [4.69, 9.17) is 0 Å². The van der Waals surface area contributed by atoms with Crippen molar-refractivity contribution in [2.75, 3.05) is 0 Å². The Morgan fingerprint density at radius 2 is 2.10 bits per heavy atom. The lowest BCUT2D eigenvalue weighted by atomic mass is 10.2. The number of halogens is 3. The lowest BCUT2D eigenvalue weighted by Crippen LogP contribution is -2.10. The Morgan fingerprint density at radius 1 is 1.40 bits per heavy atom. The second kappa shape index (κ2) is 2.36. The number of H-pyrrole nitrogens is 1. The molecule has 1 rings (SSSR count). The highest BCUT2D eigenvalue weighted by Crippen LogP contribution is 2.20. The minimum Gasteiger partial charge on any atom is -0.367 e. The summed E-state index contributed by atoms with van der Waals surface area (Å²) in [5.74, 6) is 0. The van der Waals surface area contributed by atoms with Gasteiger partial charge in [-0.25, -0.2) is 0 Å². The third-order valence-electron chi connectivity index (χ3n) is 1.07. The van der Waals surface area contributed by atoms with Crippen LogP contribution in [-0.2, 0) is 6.42 Å². The van der Waals surface area contributed by atoms with Crippen molar-refractivity contribution in [2.45, 2.75) is 12.6 Å². The fourth-order valence-electron chi connectivity index (χ4n) is 0.700. The predicted octanol–water partition coefficient (Wildman–Crippen LogP) is 2.12. The SMILES string of the molecule is FC(F)(F)Cc1cc[nH]c1. The van der Waals surface area contributed by atoms with Crippen LogP contribution in [0.25, 0.3) is 0 Å².